The Bertz CT molecular complexity index is 845. The SMILES string of the molecule is CCCCCCCC(=O)CC(C)[C@H](CN1CCCC1)[C@H](O)c1ccc(OCc2ccccc2)cc1. The van der Waals surface area contributed by atoms with Crippen LogP contribution in [0.3, 0.4) is 0 Å². The summed E-state index contributed by atoms with van der Waals surface area (Å²) in [7, 11) is 0. The summed E-state index contributed by atoms with van der Waals surface area (Å²) in [4.78, 5) is 15.2. The first-order chi connectivity index (χ1) is 17.1. The zero-order valence-electron chi connectivity index (χ0n) is 21.8. The highest BCUT2D eigenvalue weighted by Crippen LogP contribution is 2.33. The Kier molecular flexibility index (Phi) is 11.8. The maximum Gasteiger partial charge on any atom is 0.133 e. The molecule has 1 aliphatic heterocycles. The summed E-state index contributed by atoms with van der Waals surface area (Å²) in [5.41, 5.74) is 2.03. The lowest BCUT2D eigenvalue weighted by Gasteiger charge is -2.32. The summed E-state index contributed by atoms with van der Waals surface area (Å²) in [6.45, 7) is 7.91. The van der Waals surface area contributed by atoms with Crippen LogP contribution in [0.4, 0.5) is 0 Å². The molecule has 1 aliphatic rings. The molecule has 35 heavy (non-hydrogen) atoms. The smallest absolute Gasteiger partial charge is 0.133 e. The molecule has 0 amide bonds. The number of rotatable bonds is 16. The summed E-state index contributed by atoms with van der Waals surface area (Å²) in [5.74, 6) is 1.32. The van der Waals surface area contributed by atoms with Crippen molar-refractivity contribution in [2.45, 2.75) is 84.3 Å². The second-order valence-corrected chi connectivity index (χ2v) is 10.3. The van der Waals surface area contributed by atoms with Crippen molar-refractivity contribution in [1.29, 1.82) is 0 Å². The molecule has 1 N–H and O–H groups in total. The van der Waals surface area contributed by atoms with Crippen molar-refractivity contribution < 1.29 is 14.6 Å². The van der Waals surface area contributed by atoms with Crippen molar-refractivity contribution >= 4 is 5.78 Å². The lowest BCUT2D eigenvalue weighted by Crippen LogP contribution is -2.34. The van der Waals surface area contributed by atoms with Gasteiger partial charge in [-0.1, -0.05) is 82.0 Å². The zero-order chi connectivity index (χ0) is 24.9. The molecule has 2 aromatic carbocycles. The molecule has 1 saturated heterocycles. The predicted octanol–water partition coefficient (Wildman–Crippen LogP) is 6.97. The first-order valence-electron chi connectivity index (χ1n) is 13.8. The number of benzene rings is 2. The van der Waals surface area contributed by atoms with E-state index in [9.17, 15) is 9.90 Å². The fraction of sp³-hybridized carbons (Fsp3) is 0.581. The van der Waals surface area contributed by atoms with E-state index in [1.807, 2.05) is 42.5 Å². The average molecular weight is 480 g/mol. The van der Waals surface area contributed by atoms with Crippen LogP contribution in [0.1, 0.15) is 88.9 Å². The number of likely N-dealkylation sites (tertiary alicyclic amines) is 1. The van der Waals surface area contributed by atoms with Crippen LogP contribution in [0.2, 0.25) is 0 Å². The van der Waals surface area contributed by atoms with Crippen molar-refractivity contribution in [3.8, 4) is 5.75 Å². The van der Waals surface area contributed by atoms with Gasteiger partial charge in [0.15, 0.2) is 0 Å². The second kappa shape index (κ2) is 15.1. The second-order valence-electron chi connectivity index (χ2n) is 10.3. The van der Waals surface area contributed by atoms with Crippen LogP contribution in [0.25, 0.3) is 0 Å². The van der Waals surface area contributed by atoms with E-state index >= 15 is 0 Å². The molecule has 3 atom stereocenters. The number of aliphatic hydroxyl groups is 1. The molecular weight excluding hydrogens is 434 g/mol. The molecule has 0 saturated carbocycles. The minimum Gasteiger partial charge on any atom is -0.489 e. The minimum absolute atomic E-state index is 0.0354. The Morgan fingerprint density at radius 1 is 0.971 bits per heavy atom. The van der Waals surface area contributed by atoms with Gasteiger partial charge in [0.25, 0.3) is 0 Å². The van der Waals surface area contributed by atoms with Crippen molar-refractivity contribution in [1.82, 2.24) is 4.90 Å². The number of carbonyl (C=O) groups is 1. The molecule has 0 spiro atoms. The third-order valence-corrected chi connectivity index (χ3v) is 7.38. The molecule has 3 rings (SSSR count). The van der Waals surface area contributed by atoms with E-state index in [1.165, 1.54) is 32.1 Å². The van der Waals surface area contributed by atoms with Crippen LogP contribution in [0.15, 0.2) is 54.6 Å². The van der Waals surface area contributed by atoms with Crippen LogP contribution < -0.4 is 4.74 Å². The van der Waals surface area contributed by atoms with E-state index in [2.05, 4.69) is 30.9 Å². The molecule has 0 radical (unpaired) electrons. The van der Waals surface area contributed by atoms with Crippen molar-refractivity contribution in [3.63, 3.8) is 0 Å². The normalized spacial score (nSPS) is 16.7. The fourth-order valence-corrected chi connectivity index (χ4v) is 5.14. The third kappa shape index (κ3) is 9.42. The molecule has 1 heterocycles. The van der Waals surface area contributed by atoms with Gasteiger partial charge < -0.3 is 14.7 Å². The van der Waals surface area contributed by atoms with Gasteiger partial charge in [-0.15, -0.1) is 0 Å². The van der Waals surface area contributed by atoms with E-state index < -0.39 is 6.10 Å². The number of ether oxygens (including phenoxy) is 1. The summed E-state index contributed by atoms with van der Waals surface area (Å²) in [5, 5.41) is 11.4. The highest BCUT2D eigenvalue weighted by Gasteiger charge is 2.30. The van der Waals surface area contributed by atoms with Crippen LogP contribution >= 0.6 is 0 Å². The van der Waals surface area contributed by atoms with Gasteiger partial charge in [0.2, 0.25) is 0 Å². The van der Waals surface area contributed by atoms with Gasteiger partial charge >= 0.3 is 0 Å². The van der Waals surface area contributed by atoms with Crippen molar-refractivity contribution in [3.05, 3.63) is 65.7 Å². The highest BCUT2D eigenvalue weighted by atomic mass is 16.5. The summed E-state index contributed by atoms with van der Waals surface area (Å²) < 4.78 is 5.92. The van der Waals surface area contributed by atoms with Crippen LogP contribution in [0, 0.1) is 11.8 Å². The van der Waals surface area contributed by atoms with Crippen LogP contribution in [0.5, 0.6) is 5.75 Å². The van der Waals surface area contributed by atoms with Gasteiger partial charge in [0.05, 0.1) is 6.10 Å². The number of hydrogen-bond acceptors (Lipinski definition) is 4. The van der Waals surface area contributed by atoms with Gasteiger partial charge in [0, 0.05) is 25.3 Å². The third-order valence-electron chi connectivity index (χ3n) is 7.38. The molecular formula is C31H45NO3. The van der Waals surface area contributed by atoms with Crippen LogP contribution in [-0.2, 0) is 11.4 Å². The highest BCUT2D eigenvalue weighted by molar-refractivity contribution is 5.78. The molecule has 4 heteroatoms. The van der Waals surface area contributed by atoms with Gasteiger partial charge in [-0.2, -0.15) is 0 Å². The number of Topliss-reactive ketones (excluding diaryl/α,β-unsaturated/α-hetero) is 1. The molecule has 2 aromatic rings. The van der Waals surface area contributed by atoms with E-state index in [-0.39, 0.29) is 11.8 Å². The molecule has 0 aromatic heterocycles. The first kappa shape index (κ1) is 27.4. The van der Waals surface area contributed by atoms with Gasteiger partial charge in [-0.25, -0.2) is 0 Å². The largest absolute Gasteiger partial charge is 0.489 e. The molecule has 4 nitrogen and oxygen atoms in total. The summed E-state index contributed by atoms with van der Waals surface area (Å²) in [6.07, 6.45) is 8.93. The van der Waals surface area contributed by atoms with Gasteiger partial charge in [-0.3, -0.25) is 4.79 Å². The minimum atomic E-state index is -0.592. The zero-order valence-corrected chi connectivity index (χ0v) is 21.8. The number of nitrogens with zero attached hydrogens (tertiary/aromatic N) is 1. The Hall–Kier alpha value is -2.17. The van der Waals surface area contributed by atoms with E-state index in [0.717, 1.165) is 49.4 Å². The predicted molar refractivity (Wildman–Crippen MR) is 144 cm³/mol. The summed E-state index contributed by atoms with van der Waals surface area (Å²) in [6, 6.07) is 18.0. The Balaban J connectivity index is 1.58. The van der Waals surface area contributed by atoms with E-state index in [4.69, 9.17) is 4.74 Å². The fourth-order valence-electron chi connectivity index (χ4n) is 5.14. The lowest BCUT2D eigenvalue weighted by atomic mass is 9.81. The van der Waals surface area contributed by atoms with Crippen molar-refractivity contribution in [2.24, 2.45) is 11.8 Å². The van der Waals surface area contributed by atoms with Gasteiger partial charge in [0.1, 0.15) is 18.1 Å². The Labute approximate surface area is 212 Å². The summed E-state index contributed by atoms with van der Waals surface area (Å²) >= 11 is 0. The quantitative estimate of drug-likeness (QED) is 0.264. The van der Waals surface area contributed by atoms with Crippen LogP contribution in [-0.4, -0.2) is 35.4 Å². The number of aliphatic hydroxyl groups excluding tert-OH is 1. The van der Waals surface area contributed by atoms with Crippen molar-refractivity contribution in [2.75, 3.05) is 19.6 Å². The number of carbonyl (C=O) groups excluding carboxylic acids is 1. The molecule has 1 unspecified atom stereocenters. The number of ketones is 1. The topological polar surface area (TPSA) is 49.8 Å². The first-order valence-corrected chi connectivity index (χ1v) is 13.8. The number of hydrogen-bond donors (Lipinski definition) is 1. The van der Waals surface area contributed by atoms with E-state index in [0.29, 0.717) is 25.2 Å². The maximum atomic E-state index is 12.7. The molecule has 192 valence electrons. The van der Waals surface area contributed by atoms with E-state index in [1.54, 1.807) is 0 Å². The molecule has 0 aliphatic carbocycles. The molecule has 1 fully saturated rings. The molecule has 0 bridgehead atoms. The maximum absolute atomic E-state index is 12.7. The standard InChI is InChI=1S/C31H45NO3/c1-3-4-5-6-10-15-28(33)22-25(2)30(23-32-20-11-12-21-32)31(34)27-16-18-29(19-17-27)35-24-26-13-8-7-9-14-26/h7-9,13-14,16-19,25,30-31,34H,3-6,10-12,15,20-24H2,1-2H3/t25?,30-,31+/m0/s1. The lowest BCUT2D eigenvalue weighted by molar-refractivity contribution is -0.120. The monoisotopic (exact) mass is 479 g/mol. The Morgan fingerprint density at radius 2 is 1.66 bits per heavy atom. The average Bonchev–Trinajstić information content (AvgIpc) is 3.40. The Morgan fingerprint density at radius 3 is 2.34 bits per heavy atom. The number of unbranched alkanes of at least 4 members (excludes halogenated alkanes) is 4. The van der Waals surface area contributed by atoms with Gasteiger partial charge in [-0.05, 0) is 61.5 Å².